The SMILES string of the molecule is Cc1c(C(=O)NCC#CCOc2ccccc2F)cnn1-c1ccccc1. The molecule has 1 N–H and O–H groups in total. The molecule has 3 rings (SSSR count). The highest BCUT2D eigenvalue weighted by molar-refractivity contribution is 5.95. The molecule has 1 amide bonds. The second kappa shape index (κ2) is 8.68. The number of carbonyl (C=O) groups excluding carboxylic acids is 1. The number of amides is 1. The predicted octanol–water partition coefficient (Wildman–Crippen LogP) is 3.13. The van der Waals surface area contributed by atoms with Gasteiger partial charge in [-0.3, -0.25) is 4.79 Å². The van der Waals surface area contributed by atoms with Gasteiger partial charge in [-0.25, -0.2) is 9.07 Å². The summed E-state index contributed by atoms with van der Waals surface area (Å²) >= 11 is 0. The van der Waals surface area contributed by atoms with Crippen LogP contribution in [0.2, 0.25) is 0 Å². The van der Waals surface area contributed by atoms with E-state index in [-0.39, 0.29) is 24.8 Å². The first kappa shape index (κ1) is 18.2. The summed E-state index contributed by atoms with van der Waals surface area (Å²) in [6.07, 6.45) is 1.53. The van der Waals surface area contributed by atoms with Crippen LogP contribution in [0.1, 0.15) is 16.1 Å². The topological polar surface area (TPSA) is 56.1 Å². The number of hydrogen-bond acceptors (Lipinski definition) is 3. The molecule has 0 bridgehead atoms. The van der Waals surface area contributed by atoms with Gasteiger partial charge in [0.15, 0.2) is 11.6 Å². The molecule has 0 atom stereocenters. The number of benzene rings is 2. The van der Waals surface area contributed by atoms with Crippen LogP contribution in [0.15, 0.2) is 60.8 Å². The molecule has 1 aromatic heterocycles. The van der Waals surface area contributed by atoms with Gasteiger partial charge in [-0.1, -0.05) is 42.2 Å². The normalized spacial score (nSPS) is 10.0. The summed E-state index contributed by atoms with van der Waals surface area (Å²) in [4.78, 5) is 12.3. The first-order valence-electron chi connectivity index (χ1n) is 8.38. The van der Waals surface area contributed by atoms with E-state index in [1.165, 1.54) is 18.3 Å². The van der Waals surface area contributed by atoms with Crippen LogP contribution in [-0.4, -0.2) is 28.8 Å². The van der Waals surface area contributed by atoms with Gasteiger partial charge in [0.2, 0.25) is 0 Å². The molecule has 0 spiro atoms. The Labute approximate surface area is 156 Å². The van der Waals surface area contributed by atoms with Crippen molar-refractivity contribution in [1.82, 2.24) is 15.1 Å². The molecule has 0 fully saturated rings. The average molecular weight is 363 g/mol. The van der Waals surface area contributed by atoms with Gasteiger partial charge in [-0.15, -0.1) is 0 Å². The summed E-state index contributed by atoms with van der Waals surface area (Å²) in [5.74, 6) is 4.99. The van der Waals surface area contributed by atoms with Crippen molar-refractivity contribution in [2.45, 2.75) is 6.92 Å². The lowest BCUT2D eigenvalue weighted by Gasteiger charge is -2.05. The fourth-order valence-electron chi connectivity index (χ4n) is 2.47. The third-order valence-electron chi connectivity index (χ3n) is 3.85. The highest BCUT2D eigenvalue weighted by atomic mass is 19.1. The molecule has 136 valence electrons. The Morgan fingerprint density at radius 1 is 1.15 bits per heavy atom. The van der Waals surface area contributed by atoms with Gasteiger partial charge in [0.1, 0.15) is 6.61 Å². The second-order valence-electron chi connectivity index (χ2n) is 5.65. The molecular formula is C21H18FN3O2. The summed E-state index contributed by atoms with van der Waals surface area (Å²) < 4.78 is 20.3. The van der Waals surface area contributed by atoms with E-state index < -0.39 is 5.82 Å². The van der Waals surface area contributed by atoms with Crippen molar-refractivity contribution in [3.05, 3.63) is 77.9 Å². The van der Waals surface area contributed by atoms with Gasteiger partial charge >= 0.3 is 0 Å². The van der Waals surface area contributed by atoms with Crippen molar-refractivity contribution in [3.8, 4) is 23.3 Å². The molecule has 1 heterocycles. The number of carbonyl (C=O) groups is 1. The Kier molecular flexibility index (Phi) is 5.85. The number of nitrogens with zero attached hydrogens (tertiary/aromatic N) is 2. The molecule has 0 aliphatic heterocycles. The van der Waals surface area contributed by atoms with Crippen molar-refractivity contribution in [1.29, 1.82) is 0 Å². The van der Waals surface area contributed by atoms with E-state index >= 15 is 0 Å². The van der Waals surface area contributed by atoms with E-state index in [1.807, 2.05) is 37.3 Å². The lowest BCUT2D eigenvalue weighted by atomic mass is 10.2. The van der Waals surface area contributed by atoms with E-state index in [9.17, 15) is 9.18 Å². The summed E-state index contributed by atoms with van der Waals surface area (Å²) in [7, 11) is 0. The Balaban J connectivity index is 1.52. The van der Waals surface area contributed by atoms with Gasteiger partial charge in [-0.2, -0.15) is 5.10 Å². The minimum absolute atomic E-state index is 0.0434. The van der Waals surface area contributed by atoms with Crippen molar-refractivity contribution in [2.75, 3.05) is 13.2 Å². The fraction of sp³-hybridized carbons (Fsp3) is 0.143. The van der Waals surface area contributed by atoms with E-state index in [0.717, 1.165) is 11.4 Å². The summed E-state index contributed by atoms with van der Waals surface area (Å²) in [5.41, 5.74) is 2.12. The molecule has 5 nitrogen and oxygen atoms in total. The van der Waals surface area contributed by atoms with Crippen LogP contribution in [0, 0.1) is 24.6 Å². The van der Waals surface area contributed by atoms with Gasteiger partial charge < -0.3 is 10.1 Å². The minimum Gasteiger partial charge on any atom is -0.478 e. The Hall–Kier alpha value is -3.59. The molecule has 0 radical (unpaired) electrons. The molecule has 0 saturated heterocycles. The molecule has 0 unspecified atom stereocenters. The van der Waals surface area contributed by atoms with Crippen LogP contribution in [0.4, 0.5) is 4.39 Å². The van der Waals surface area contributed by atoms with Gasteiger partial charge in [0.25, 0.3) is 5.91 Å². The number of para-hydroxylation sites is 2. The van der Waals surface area contributed by atoms with Gasteiger partial charge in [0, 0.05) is 0 Å². The molecule has 2 aromatic carbocycles. The Morgan fingerprint density at radius 3 is 2.67 bits per heavy atom. The standard InChI is InChI=1S/C21H18FN3O2/c1-16-18(15-24-25(16)17-9-3-2-4-10-17)21(26)23-13-7-8-14-27-20-12-6-5-11-19(20)22/h2-6,9-12,15H,13-14H2,1H3,(H,23,26). The fourth-order valence-corrected chi connectivity index (χ4v) is 2.47. The summed E-state index contributed by atoms with van der Waals surface area (Å²) in [5, 5.41) is 6.99. The summed E-state index contributed by atoms with van der Waals surface area (Å²) in [6.45, 7) is 2.04. The number of nitrogens with one attached hydrogen (secondary N) is 1. The first-order valence-corrected chi connectivity index (χ1v) is 8.38. The lowest BCUT2D eigenvalue weighted by molar-refractivity contribution is 0.0958. The van der Waals surface area contributed by atoms with Crippen LogP contribution in [0.3, 0.4) is 0 Å². The highest BCUT2D eigenvalue weighted by Crippen LogP contribution is 2.15. The zero-order chi connectivity index (χ0) is 19.1. The van der Waals surface area contributed by atoms with Crippen LogP contribution in [-0.2, 0) is 0 Å². The van der Waals surface area contributed by atoms with E-state index in [1.54, 1.807) is 16.8 Å². The average Bonchev–Trinajstić information content (AvgIpc) is 3.08. The second-order valence-corrected chi connectivity index (χ2v) is 5.65. The number of ether oxygens (including phenoxy) is 1. The molecule has 0 saturated carbocycles. The number of halogens is 1. The van der Waals surface area contributed by atoms with Crippen molar-refractivity contribution in [3.63, 3.8) is 0 Å². The molecule has 3 aromatic rings. The van der Waals surface area contributed by atoms with Crippen LogP contribution in [0.25, 0.3) is 5.69 Å². The van der Waals surface area contributed by atoms with Crippen LogP contribution < -0.4 is 10.1 Å². The van der Waals surface area contributed by atoms with Crippen LogP contribution >= 0.6 is 0 Å². The Morgan fingerprint density at radius 2 is 1.89 bits per heavy atom. The number of rotatable bonds is 5. The maximum absolute atomic E-state index is 13.4. The lowest BCUT2D eigenvalue weighted by Crippen LogP contribution is -2.24. The highest BCUT2D eigenvalue weighted by Gasteiger charge is 2.14. The Bertz CT molecular complexity index is 987. The van der Waals surface area contributed by atoms with Gasteiger partial charge in [-0.05, 0) is 31.2 Å². The monoisotopic (exact) mass is 363 g/mol. The largest absolute Gasteiger partial charge is 0.478 e. The zero-order valence-corrected chi connectivity index (χ0v) is 14.8. The maximum Gasteiger partial charge on any atom is 0.255 e. The van der Waals surface area contributed by atoms with E-state index in [0.29, 0.717) is 5.56 Å². The molecular weight excluding hydrogens is 345 g/mol. The van der Waals surface area contributed by atoms with Crippen molar-refractivity contribution in [2.24, 2.45) is 0 Å². The van der Waals surface area contributed by atoms with Crippen LogP contribution in [0.5, 0.6) is 5.75 Å². The molecule has 0 aliphatic carbocycles. The smallest absolute Gasteiger partial charge is 0.255 e. The quantitative estimate of drug-likeness (QED) is 0.709. The number of aromatic nitrogens is 2. The first-order chi connectivity index (χ1) is 13.2. The van der Waals surface area contributed by atoms with Crippen molar-refractivity contribution >= 4 is 5.91 Å². The van der Waals surface area contributed by atoms with Gasteiger partial charge in [0.05, 0.1) is 29.7 Å². The third-order valence-corrected chi connectivity index (χ3v) is 3.85. The van der Waals surface area contributed by atoms with E-state index in [4.69, 9.17) is 4.74 Å². The van der Waals surface area contributed by atoms with Crippen molar-refractivity contribution < 1.29 is 13.9 Å². The molecule has 27 heavy (non-hydrogen) atoms. The summed E-state index contributed by atoms with van der Waals surface area (Å²) in [6, 6.07) is 15.7. The van der Waals surface area contributed by atoms with E-state index in [2.05, 4.69) is 22.3 Å². The number of hydrogen-bond donors (Lipinski definition) is 1. The third kappa shape index (κ3) is 4.53. The zero-order valence-electron chi connectivity index (χ0n) is 14.8. The predicted molar refractivity (Wildman–Crippen MR) is 100 cm³/mol. The maximum atomic E-state index is 13.4. The minimum atomic E-state index is -0.432. The molecule has 0 aliphatic rings. The molecule has 6 heteroatoms.